The van der Waals surface area contributed by atoms with Gasteiger partial charge in [-0.2, -0.15) is 0 Å². The molecule has 0 radical (unpaired) electrons. The number of halogens is 1. The van der Waals surface area contributed by atoms with Crippen molar-refractivity contribution in [3.63, 3.8) is 0 Å². The molecule has 0 unspecified atom stereocenters. The monoisotopic (exact) mass is 296 g/mol. The van der Waals surface area contributed by atoms with Gasteiger partial charge in [-0.1, -0.05) is 18.5 Å². The molecule has 1 saturated heterocycles. The molecular formula is C13H13ClN2O2S. The zero-order valence-corrected chi connectivity index (χ0v) is 11.9. The Kier molecular flexibility index (Phi) is 4.07. The first-order valence-corrected chi connectivity index (χ1v) is 6.64. The van der Waals surface area contributed by atoms with Crippen LogP contribution in [-0.4, -0.2) is 27.6 Å². The Morgan fingerprint density at radius 1 is 1.53 bits per heavy atom. The highest BCUT2D eigenvalue weighted by atomic mass is 35.5. The van der Waals surface area contributed by atoms with Crippen molar-refractivity contribution in [3.8, 4) is 5.75 Å². The van der Waals surface area contributed by atoms with Crippen molar-refractivity contribution in [1.29, 1.82) is 0 Å². The molecule has 0 aliphatic carbocycles. The summed E-state index contributed by atoms with van der Waals surface area (Å²) in [6.07, 6.45) is 2.37. The molecule has 0 atom stereocenters. The predicted octanol–water partition coefficient (Wildman–Crippen LogP) is 2.51. The van der Waals surface area contributed by atoms with Gasteiger partial charge in [0, 0.05) is 17.1 Å². The molecule has 4 nitrogen and oxygen atoms in total. The van der Waals surface area contributed by atoms with Crippen LogP contribution >= 0.6 is 23.8 Å². The maximum absolute atomic E-state index is 12.1. The summed E-state index contributed by atoms with van der Waals surface area (Å²) in [5, 5.41) is 13.5. The molecule has 1 aromatic rings. The van der Waals surface area contributed by atoms with Crippen LogP contribution in [0.15, 0.2) is 23.9 Å². The number of hydrogen-bond acceptors (Lipinski definition) is 3. The molecule has 1 fully saturated rings. The first-order chi connectivity index (χ1) is 9.02. The Balaban J connectivity index is 2.32. The Bertz CT molecular complexity index is 572. The predicted molar refractivity (Wildman–Crippen MR) is 78.8 cm³/mol. The van der Waals surface area contributed by atoms with E-state index >= 15 is 0 Å². The number of hydrogen-bond donors (Lipinski definition) is 2. The fourth-order valence-electron chi connectivity index (χ4n) is 1.79. The van der Waals surface area contributed by atoms with Gasteiger partial charge < -0.3 is 10.4 Å². The average molecular weight is 297 g/mol. The number of thiocarbonyl (C=S) groups is 1. The van der Waals surface area contributed by atoms with Crippen molar-refractivity contribution in [1.82, 2.24) is 10.2 Å². The van der Waals surface area contributed by atoms with Crippen molar-refractivity contribution in [2.45, 2.75) is 13.3 Å². The molecule has 0 aromatic heterocycles. The van der Waals surface area contributed by atoms with Gasteiger partial charge in [-0.3, -0.25) is 9.69 Å². The van der Waals surface area contributed by atoms with Crippen LogP contribution in [0.3, 0.4) is 0 Å². The zero-order chi connectivity index (χ0) is 14.0. The van der Waals surface area contributed by atoms with Crippen LogP contribution < -0.4 is 5.32 Å². The number of carbonyl (C=O) groups excluding carboxylic acids is 1. The standard InChI is InChI=1S/C13H13ClN2O2S/c1-2-5-16-12(18)10(15-13(16)19)7-8-6-9(14)3-4-11(8)17/h3-4,6-7,17H,2,5H2,1H3,(H,15,19)/b10-7-. The summed E-state index contributed by atoms with van der Waals surface area (Å²) < 4.78 is 0. The van der Waals surface area contributed by atoms with E-state index in [1.165, 1.54) is 11.0 Å². The molecule has 2 N–H and O–H groups in total. The summed E-state index contributed by atoms with van der Waals surface area (Å²) in [7, 11) is 0. The van der Waals surface area contributed by atoms with E-state index in [4.69, 9.17) is 23.8 Å². The molecule has 1 heterocycles. The number of aromatic hydroxyl groups is 1. The molecule has 6 heteroatoms. The van der Waals surface area contributed by atoms with Gasteiger partial charge in [0.25, 0.3) is 5.91 Å². The van der Waals surface area contributed by atoms with Crippen molar-refractivity contribution >= 4 is 40.9 Å². The lowest BCUT2D eigenvalue weighted by molar-refractivity contribution is -0.122. The number of phenols is 1. The van der Waals surface area contributed by atoms with E-state index in [9.17, 15) is 9.90 Å². The van der Waals surface area contributed by atoms with E-state index < -0.39 is 0 Å². The molecule has 1 aromatic carbocycles. The molecule has 1 aliphatic rings. The molecule has 1 amide bonds. The lowest BCUT2D eigenvalue weighted by atomic mass is 10.1. The van der Waals surface area contributed by atoms with Gasteiger partial charge in [0.05, 0.1) is 0 Å². The molecule has 100 valence electrons. The number of carbonyl (C=O) groups is 1. The highest BCUT2D eigenvalue weighted by Gasteiger charge is 2.29. The molecular weight excluding hydrogens is 284 g/mol. The van der Waals surface area contributed by atoms with E-state index in [-0.39, 0.29) is 11.7 Å². The topological polar surface area (TPSA) is 52.6 Å². The molecule has 0 bridgehead atoms. The minimum atomic E-state index is -0.189. The third kappa shape index (κ3) is 2.88. The third-order valence-electron chi connectivity index (χ3n) is 2.70. The molecule has 2 rings (SSSR count). The Morgan fingerprint density at radius 2 is 2.26 bits per heavy atom. The van der Waals surface area contributed by atoms with Crippen LogP contribution in [0.5, 0.6) is 5.75 Å². The summed E-state index contributed by atoms with van der Waals surface area (Å²) in [5.41, 5.74) is 0.820. The molecule has 0 spiro atoms. The van der Waals surface area contributed by atoms with Gasteiger partial charge >= 0.3 is 0 Å². The van der Waals surface area contributed by atoms with Crippen molar-refractivity contribution < 1.29 is 9.90 Å². The van der Waals surface area contributed by atoms with E-state index in [1.807, 2.05) is 6.92 Å². The Hall–Kier alpha value is -1.59. The second-order valence-corrected chi connectivity index (χ2v) is 4.97. The lowest BCUT2D eigenvalue weighted by Gasteiger charge is -2.11. The fourth-order valence-corrected chi connectivity index (χ4v) is 2.26. The number of nitrogens with zero attached hydrogens (tertiary/aromatic N) is 1. The van der Waals surface area contributed by atoms with Crippen LogP contribution in [0.2, 0.25) is 5.02 Å². The van der Waals surface area contributed by atoms with Crippen molar-refractivity contribution in [3.05, 3.63) is 34.5 Å². The van der Waals surface area contributed by atoms with Gasteiger partial charge in [0.2, 0.25) is 0 Å². The minimum Gasteiger partial charge on any atom is -0.507 e. The maximum atomic E-state index is 12.1. The van der Waals surface area contributed by atoms with Gasteiger partial charge in [-0.15, -0.1) is 0 Å². The van der Waals surface area contributed by atoms with Gasteiger partial charge in [-0.05, 0) is 42.9 Å². The molecule has 0 saturated carbocycles. The average Bonchev–Trinajstić information content (AvgIpc) is 2.62. The summed E-state index contributed by atoms with van der Waals surface area (Å²) >= 11 is 11.0. The summed E-state index contributed by atoms with van der Waals surface area (Å²) in [4.78, 5) is 13.6. The number of benzene rings is 1. The minimum absolute atomic E-state index is 0.0614. The van der Waals surface area contributed by atoms with Gasteiger partial charge in [-0.25, -0.2) is 0 Å². The second kappa shape index (κ2) is 5.59. The van der Waals surface area contributed by atoms with Crippen LogP contribution in [0.25, 0.3) is 6.08 Å². The van der Waals surface area contributed by atoms with Gasteiger partial charge in [0.1, 0.15) is 11.4 Å². The molecule has 19 heavy (non-hydrogen) atoms. The first-order valence-electron chi connectivity index (χ1n) is 5.86. The number of amides is 1. The van der Waals surface area contributed by atoms with E-state index in [0.29, 0.717) is 27.9 Å². The first kappa shape index (κ1) is 13.8. The fraction of sp³-hybridized carbons (Fsp3) is 0.231. The van der Waals surface area contributed by atoms with Crippen molar-refractivity contribution in [2.75, 3.05) is 6.54 Å². The Morgan fingerprint density at radius 3 is 2.95 bits per heavy atom. The lowest BCUT2D eigenvalue weighted by Crippen LogP contribution is -2.31. The van der Waals surface area contributed by atoms with E-state index in [1.54, 1.807) is 18.2 Å². The van der Waals surface area contributed by atoms with Crippen molar-refractivity contribution in [2.24, 2.45) is 0 Å². The number of phenolic OH excluding ortho intramolecular Hbond substituents is 1. The van der Waals surface area contributed by atoms with Crippen LogP contribution in [-0.2, 0) is 4.79 Å². The van der Waals surface area contributed by atoms with Gasteiger partial charge in [0.15, 0.2) is 5.11 Å². The van der Waals surface area contributed by atoms with E-state index in [0.717, 1.165) is 6.42 Å². The summed E-state index contributed by atoms with van der Waals surface area (Å²) in [6, 6.07) is 4.65. The Labute approximate surface area is 121 Å². The van der Waals surface area contributed by atoms with Crippen LogP contribution in [0.4, 0.5) is 0 Å². The van der Waals surface area contributed by atoms with Crippen LogP contribution in [0, 0.1) is 0 Å². The maximum Gasteiger partial charge on any atom is 0.276 e. The summed E-state index contributed by atoms with van der Waals surface area (Å²) in [6.45, 7) is 2.55. The smallest absolute Gasteiger partial charge is 0.276 e. The highest BCUT2D eigenvalue weighted by Crippen LogP contribution is 2.25. The van der Waals surface area contributed by atoms with E-state index in [2.05, 4.69) is 5.32 Å². The quantitative estimate of drug-likeness (QED) is 0.665. The molecule has 1 aliphatic heterocycles. The number of nitrogens with one attached hydrogen (secondary N) is 1. The third-order valence-corrected chi connectivity index (χ3v) is 3.26. The largest absolute Gasteiger partial charge is 0.507 e. The summed E-state index contributed by atoms with van der Waals surface area (Å²) in [5.74, 6) is -0.127. The number of rotatable bonds is 3. The highest BCUT2D eigenvalue weighted by molar-refractivity contribution is 7.80. The zero-order valence-electron chi connectivity index (χ0n) is 10.3. The van der Waals surface area contributed by atoms with Crippen LogP contribution in [0.1, 0.15) is 18.9 Å². The SMILES string of the molecule is CCCN1C(=O)/C(=C/c2cc(Cl)ccc2O)NC1=S. The normalized spacial score (nSPS) is 17.2. The second-order valence-electron chi connectivity index (χ2n) is 4.15.